The van der Waals surface area contributed by atoms with Crippen LogP contribution in [0.3, 0.4) is 0 Å². The molecule has 0 bridgehead atoms. The minimum absolute atomic E-state index is 0.350. The first-order chi connectivity index (χ1) is 14.7. The highest BCUT2D eigenvalue weighted by molar-refractivity contribution is 5.97. The number of methoxy groups -OCH3 is 1. The van der Waals surface area contributed by atoms with Gasteiger partial charge in [0.2, 0.25) is 0 Å². The quantitative estimate of drug-likeness (QED) is 0.423. The molecule has 6 nitrogen and oxygen atoms in total. The molecule has 6 heteroatoms. The molecule has 3 aromatic carbocycles. The van der Waals surface area contributed by atoms with Gasteiger partial charge in [-0.3, -0.25) is 4.79 Å². The van der Waals surface area contributed by atoms with E-state index in [1.807, 2.05) is 55.5 Å². The lowest BCUT2D eigenvalue weighted by Gasteiger charge is -2.12. The van der Waals surface area contributed by atoms with E-state index in [4.69, 9.17) is 14.2 Å². The van der Waals surface area contributed by atoms with Crippen molar-refractivity contribution < 1.29 is 19.0 Å². The second-order valence-corrected chi connectivity index (χ2v) is 6.31. The number of hydrazone groups is 1. The van der Waals surface area contributed by atoms with Gasteiger partial charge in [-0.05, 0) is 48.4 Å². The topological polar surface area (TPSA) is 69.2 Å². The Morgan fingerprint density at radius 1 is 0.933 bits per heavy atom. The molecule has 0 radical (unpaired) electrons. The first-order valence-electron chi connectivity index (χ1n) is 9.61. The molecular weight excluding hydrogens is 380 g/mol. The summed E-state index contributed by atoms with van der Waals surface area (Å²) >= 11 is 0. The van der Waals surface area contributed by atoms with Crippen LogP contribution in [0.2, 0.25) is 0 Å². The Bertz CT molecular complexity index is 1000. The number of hydrogen-bond acceptors (Lipinski definition) is 5. The van der Waals surface area contributed by atoms with Crippen LogP contribution in [0.1, 0.15) is 28.4 Å². The number of benzene rings is 3. The molecule has 30 heavy (non-hydrogen) atoms. The van der Waals surface area contributed by atoms with Crippen LogP contribution in [-0.4, -0.2) is 25.8 Å². The molecule has 0 aliphatic heterocycles. The summed E-state index contributed by atoms with van der Waals surface area (Å²) in [5, 5.41) is 4.04. The molecule has 154 valence electrons. The molecular formula is C24H24N2O4. The minimum atomic E-state index is -0.350. The van der Waals surface area contributed by atoms with Crippen molar-refractivity contribution in [3.8, 4) is 17.2 Å². The third-order valence-corrected chi connectivity index (χ3v) is 4.24. The van der Waals surface area contributed by atoms with Gasteiger partial charge < -0.3 is 14.2 Å². The van der Waals surface area contributed by atoms with Crippen LogP contribution in [0.4, 0.5) is 0 Å². The van der Waals surface area contributed by atoms with Crippen LogP contribution in [0.5, 0.6) is 17.2 Å². The number of carbonyl (C=O) groups is 1. The number of nitrogens with zero attached hydrogens (tertiary/aromatic N) is 1. The average Bonchev–Trinajstić information content (AvgIpc) is 2.79. The smallest absolute Gasteiger partial charge is 0.275 e. The zero-order chi connectivity index (χ0) is 21.2. The summed E-state index contributed by atoms with van der Waals surface area (Å²) in [5.74, 6) is 1.41. The Morgan fingerprint density at radius 3 is 2.47 bits per heavy atom. The largest absolute Gasteiger partial charge is 0.496 e. The number of ether oxygens (including phenoxy) is 3. The van der Waals surface area contributed by atoms with Gasteiger partial charge in [0.1, 0.15) is 12.4 Å². The predicted octanol–water partition coefficient (Wildman–Crippen LogP) is 4.44. The van der Waals surface area contributed by atoms with E-state index in [-0.39, 0.29) is 5.91 Å². The van der Waals surface area contributed by atoms with E-state index in [1.54, 1.807) is 30.5 Å². The molecule has 0 spiro atoms. The average molecular weight is 404 g/mol. The summed E-state index contributed by atoms with van der Waals surface area (Å²) in [6.45, 7) is 2.87. The molecule has 0 unspecified atom stereocenters. The van der Waals surface area contributed by atoms with E-state index >= 15 is 0 Å². The summed E-state index contributed by atoms with van der Waals surface area (Å²) in [4.78, 5) is 12.3. The van der Waals surface area contributed by atoms with Crippen LogP contribution in [0.15, 0.2) is 77.9 Å². The van der Waals surface area contributed by atoms with Crippen LogP contribution < -0.4 is 19.6 Å². The predicted molar refractivity (Wildman–Crippen MR) is 116 cm³/mol. The summed E-state index contributed by atoms with van der Waals surface area (Å²) < 4.78 is 16.8. The maximum Gasteiger partial charge on any atom is 0.275 e. The van der Waals surface area contributed by atoms with Gasteiger partial charge in [0, 0.05) is 0 Å². The Balaban J connectivity index is 1.67. The summed E-state index contributed by atoms with van der Waals surface area (Å²) in [7, 11) is 1.52. The standard InChI is InChI=1S/C24H24N2O4/c1-3-29-23-15-19(13-14-22(23)30-17-18-9-5-4-6-10-18)16-25-26-24(27)20-11-7-8-12-21(20)28-2/h4-16H,3,17H2,1-2H3,(H,26,27)/b25-16-. The van der Waals surface area contributed by atoms with Gasteiger partial charge in [-0.15, -0.1) is 0 Å². The maximum atomic E-state index is 12.3. The zero-order valence-electron chi connectivity index (χ0n) is 17.0. The molecule has 0 heterocycles. The molecule has 0 saturated heterocycles. The molecule has 0 aliphatic carbocycles. The zero-order valence-corrected chi connectivity index (χ0v) is 17.0. The Hall–Kier alpha value is -3.80. The van der Waals surface area contributed by atoms with Gasteiger partial charge in [0.05, 0.1) is 25.5 Å². The number of nitrogens with one attached hydrogen (secondary N) is 1. The second-order valence-electron chi connectivity index (χ2n) is 6.31. The highest BCUT2D eigenvalue weighted by Gasteiger charge is 2.10. The molecule has 0 saturated carbocycles. The van der Waals surface area contributed by atoms with Gasteiger partial charge >= 0.3 is 0 Å². The van der Waals surface area contributed by atoms with Gasteiger partial charge in [0.15, 0.2) is 11.5 Å². The van der Waals surface area contributed by atoms with E-state index in [1.165, 1.54) is 7.11 Å². The van der Waals surface area contributed by atoms with Gasteiger partial charge in [-0.2, -0.15) is 5.10 Å². The molecule has 0 fully saturated rings. The first-order valence-corrected chi connectivity index (χ1v) is 9.61. The number of carbonyl (C=O) groups excluding carboxylic acids is 1. The van der Waals surface area contributed by atoms with E-state index in [0.29, 0.717) is 36.0 Å². The molecule has 0 atom stereocenters. The van der Waals surface area contributed by atoms with Crippen molar-refractivity contribution in [1.82, 2.24) is 5.43 Å². The van der Waals surface area contributed by atoms with Crippen molar-refractivity contribution in [2.24, 2.45) is 5.10 Å². The lowest BCUT2D eigenvalue weighted by Crippen LogP contribution is -2.18. The van der Waals surface area contributed by atoms with E-state index in [9.17, 15) is 4.79 Å². The van der Waals surface area contributed by atoms with Crippen molar-refractivity contribution in [1.29, 1.82) is 0 Å². The number of amides is 1. The SMILES string of the molecule is CCOc1cc(/C=N\NC(=O)c2ccccc2OC)ccc1OCc1ccccc1. The van der Waals surface area contributed by atoms with Gasteiger partial charge in [-0.25, -0.2) is 5.43 Å². The Labute approximate surface area is 176 Å². The van der Waals surface area contributed by atoms with Crippen molar-refractivity contribution in [3.05, 3.63) is 89.5 Å². The second kappa shape index (κ2) is 10.7. The lowest BCUT2D eigenvalue weighted by atomic mass is 10.2. The summed E-state index contributed by atoms with van der Waals surface area (Å²) in [6, 6.07) is 22.4. The van der Waals surface area contributed by atoms with Crippen molar-refractivity contribution in [2.75, 3.05) is 13.7 Å². The fourth-order valence-electron chi connectivity index (χ4n) is 2.79. The Kier molecular flexibility index (Phi) is 7.44. The molecule has 1 N–H and O–H groups in total. The van der Waals surface area contributed by atoms with Crippen LogP contribution in [0.25, 0.3) is 0 Å². The molecule has 0 aliphatic rings. The number of para-hydroxylation sites is 1. The minimum Gasteiger partial charge on any atom is -0.496 e. The maximum absolute atomic E-state index is 12.3. The van der Waals surface area contributed by atoms with Crippen LogP contribution >= 0.6 is 0 Å². The normalized spacial score (nSPS) is 10.6. The third-order valence-electron chi connectivity index (χ3n) is 4.24. The lowest BCUT2D eigenvalue weighted by molar-refractivity contribution is 0.0952. The molecule has 3 aromatic rings. The van der Waals surface area contributed by atoms with Crippen molar-refractivity contribution in [3.63, 3.8) is 0 Å². The molecule has 0 aromatic heterocycles. The highest BCUT2D eigenvalue weighted by Crippen LogP contribution is 2.29. The monoisotopic (exact) mass is 404 g/mol. The van der Waals surface area contributed by atoms with Crippen LogP contribution in [-0.2, 0) is 6.61 Å². The Morgan fingerprint density at radius 2 is 1.70 bits per heavy atom. The van der Waals surface area contributed by atoms with Crippen molar-refractivity contribution >= 4 is 12.1 Å². The highest BCUT2D eigenvalue weighted by atomic mass is 16.5. The number of rotatable bonds is 9. The van der Waals surface area contributed by atoms with Crippen molar-refractivity contribution in [2.45, 2.75) is 13.5 Å². The summed E-state index contributed by atoms with van der Waals surface area (Å²) in [5.41, 5.74) is 4.77. The van der Waals surface area contributed by atoms with E-state index in [0.717, 1.165) is 11.1 Å². The molecule has 3 rings (SSSR count). The van der Waals surface area contributed by atoms with E-state index in [2.05, 4.69) is 10.5 Å². The molecule has 1 amide bonds. The first kappa shape index (κ1) is 20.9. The number of hydrogen-bond donors (Lipinski definition) is 1. The third kappa shape index (κ3) is 5.61. The van der Waals surface area contributed by atoms with Gasteiger partial charge in [0.25, 0.3) is 5.91 Å². The van der Waals surface area contributed by atoms with Gasteiger partial charge in [-0.1, -0.05) is 42.5 Å². The fraction of sp³-hybridized carbons (Fsp3) is 0.167. The summed E-state index contributed by atoms with van der Waals surface area (Å²) in [6.07, 6.45) is 1.55. The fourth-order valence-corrected chi connectivity index (χ4v) is 2.79. The van der Waals surface area contributed by atoms with Crippen LogP contribution in [0, 0.1) is 0 Å². The van der Waals surface area contributed by atoms with E-state index < -0.39 is 0 Å².